The van der Waals surface area contributed by atoms with Crippen molar-refractivity contribution in [3.8, 4) is 17.2 Å². The lowest BCUT2D eigenvalue weighted by atomic mass is 10.1. The lowest BCUT2D eigenvalue weighted by molar-refractivity contribution is 0.412. The SMILES string of the molecule is CC[C@H](N)c1ccc(Oc2ccc(OC)cc2)cn1. The summed E-state index contributed by atoms with van der Waals surface area (Å²) in [4.78, 5) is 4.30. The smallest absolute Gasteiger partial charge is 0.145 e. The van der Waals surface area contributed by atoms with Crippen molar-refractivity contribution in [2.24, 2.45) is 5.73 Å². The summed E-state index contributed by atoms with van der Waals surface area (Å²) in [5.41, 5.74) is 6.79. The summed E-state index contributed by atoms with van der Waals surface area (Å²) in [5, 5.41) is 0. The highest BCUT2D eigenvalue weighted by molar-refractivity contribution is 5.34. The summed E-state index contributed by atoms with van der Waals surface area (Å²) >= 11 is 0. The molecule has 2 N–H and O–H groups in total. The van der Waals surface area contributed by atoms with Gasteiger partial charge in [0, 0.05) is 6.04 Å². The Labute approximate surface area is 113 Å². The molecule has 0 aliphatic heterocycles. The van der Waals surface area contributed by atoms with Gasteiger partial charge in [-0.15, -0.1) is 0 Å². The van der Waals surface area contributed by atoms with Gasteiger partial charge in [0.25, 0.3) is 0 Å². The van der Waals surface area contributed by atoms with Gasteiger partial charge >= 0.3 is 0 Å². The van der Waals surface area contributed by atoms with Crippen LogP contribution in [-0.2, 0) is 0 Å². The molecule has 0 bridgehead atoms. The molecule has 1 aromatic heterocycles. The maximum Gasteiger partial charge on any atom is 0.145 e. The van der Waals surface area contributed by atoms with Gasteiger partial charge in [0.05, 0.1) is 19.0 Å². The van der Waals surface area contributed by atoms with Crippen molar-refractivity contribution in [1.82, 2.24) is 4.98 Å². The zero-order chi connectivity index (χ0) is 13.7. The summed E-state index contributed by atoms with van der Waals surface area (Å²) in [5.74, 6) is 2.24. The van der Waals surface area contributed by atoms with E-state index >= 15 is 0 Å². The highest BCUT2D eigenvalue weighted by atomic mass is 16.5. The number of methoxy groups -OCH3 is 1. The van der Waals surface area contributed by atoms with Crippen LogP contribution in [0, 0.1) is 0 Å². The number of hydrogen-bond donors (Lipinski definition) is 1. The second-order valence-corrected chi connectivity index (χ2v) is 4.21. The van der Waals surface area contributed by atoms with Crippen LogP contribution in [0.25, 0.3) is 0 Å². The number of pyridine rings is 1. The van der Waals surface area contributed by atoms with Crippen LogP contribution in [0.3, 0.4) is 0 Å². The predicted molar refractivity (Wildman–Crippen MR) is 74.5 cm³/mol. The Morgan fingerprint density at radius 3 is 2.21 bits per heavy atom. The fraction of sp³-hybridized carbons (Fsp3) is 0.267. The zero-order valence-electron chi connectivity index (χ0n) is 11.2. The van der Waals surface area contributed by atoms with Crippen molar-refractivity contribution >= 4 is 0 Å². The summed E-state index contributed by atoms with van der Waals surface area (Å²) < 4.78 is 10.8. The third kappa shape index (κ3) is 3.45. The summed E-state index contributed by atoms with van der Waals surface area (Å²) in [6.45, 7) is 2.04. The van der Waals surface area contributed by atoms with Crippen LogP contribution in [0.15, 0.2) is 42.6 Å². The quantitative estimate of drug-likeness (QED) is 0.894. The number of benzene rings is 1. The number of ether oxygens (including phenoxy) is 2. The molecule has 4 nitrogen and oxygen atoms in total. The minimum absolute atomic E-state index is 0.0185. The minimum Gasteiger partial charge on any atom is -0.497 e. The molecule has 0 radical (unpaired) electrons. The van der Waals surface area contributed by atoms with Crippen molar-refractivity contribution in [3.63, 3.8) is 0 Å². The van der Waals surface area contributed by atoms with Crippen LogP contribution in [0.1, 0.15) is 25.1 Å². The molecule has 2 rings (SSSR count). The molecular formula is C15H18N2O2. The normalized spacial score (nSPS) is 11.9. The Hall–Kier alpha value is -2.07. The van der Waals surface area contributed by atoms with Crippen molar-refractivity contribution < 1.29 is 9.47 Å². The fourth-order valence-corrected chi connectivity index (χ4v) is 1.66. The molecule has 0 fully saturated rings. The lowest BCUT2D eigenvalue weighted by Crippen LogP contribution is -2.10. The fourth-order valence-electron chi connectivity index (χ4n) is 1.66. The number of hydrogen-bond acceptors (Lipinski definition) is 4. The maximum atomic E-state index is 5.91. The third-order valence-corrected chi connectivity index (χ3v) is 2.87. The largest absolute Gasteiger partial charge is 0.497 e. The Morgan fingerprint density at radius 1 is 1.05 bits per heavy atom. The molecular weight excluding hydrogens is 240 g/mol. The molecule has 100 valence electrons. The third-order valence-electron chi connectivity index (χ3n) is 2.87. The topological polar surface area (TPSA) is 57.4 Å². The first-order valence-corrected chi connectivity index (χ1v) is 6.26. The number of nitrogens with two attached hydrogens (primary N) is 1. The standard InChI is InChI=1S/C15H18N2O2/c1-3-14(16)15-9-8-13(10-17-15)19-12-6-4-11(18-2)5-7-12/h4-10,14H,3,16H2,1-2H3/t14-/m0/s1. The molecule has 0 aliphatic carbocycles. The molecule has 0 saturated carbocycles. The van der Waals surface area contributed by atoms with Crippen LogP contribution in [0.4, 0.5) is 0 Å². The molecule has 2 aromatic rings. The zero-order valence-corrected chi connectivity index (χ0v) is 11.2. The summed E-state index contributed by atoms with van der Waals surface area (Å²) in [6, 6.07) is 11.2. The Kier molecular flexibility index (Phi) is 4.36. The van der Waals surface area contributed by atoms with Gasteiger partial charge in [-0.05, 0) is 42.8 Å². The van der Waals surface area contributed by atoms with Gasteiger partial charge < -0.3 is 15.2 Å². The van der Waals surface area contributed by atoms with Gasteiger partial charge in [-0.25, -0.2) is 0 Å². The number of aromatic nitrogens is 1. The van der Waals surface area contributed by atoms with Gasteiger partial charge in [-0.1, -0.05) is 6.92 Å². The Morgan fingerprint density at radius 2 is 1.68 bits per heavy atom. The van der Waals surface area contributed by atoms with E-state index < -0.39 is 0 Å². The van der Waals surface area contributed by atoms with Crippen LogP contribution >= 0.6 is 0 Å². The molecule has 19 heavy (non-hydrogen) atoms. The van der Waals surface area contributed by atoms with E-state index in [2.05, 4.69) is 4.98 Å². The second-order valence-electron chi connectivity index (χ2n) is 4.21. The first-order chi connectivity index (χ1) is 9.22. The minimum atomic E-state index is -0.0185. The molecule has 1 aromatic carbocycles. The molecule has 0 spiro atoms. The number of nitrogens with zero attached hydrogens (tertiary/aromatic N) is 1. The molecule has 0 amide bonds. The highest BCUT2D eigenvalue weighted by Gasteiger charge is 2.05. The average Bonchev–Trinajstić information content (AvgIpc) is 2.48. The van der Waals surface area contributed by atoms with E-state index in [1.165, 1.54) is 0 Å². The van der Waals surface area contributed by atoms with Crippen LogP contribution in [-0.4, -0.2) is 12.1 Å². The Bertz CT molecular complexity index is 509. The van der Waals surface area contributed by atoms with Gasteiger partial charge in [-0.2, -0.15) is 0 Å². The average molecular weight is 258 g/mol. The van der Waals surface area contributed by atoms with Gasteiger partial charge in [0.1, 0.15) is 17.2 Å². The highest BCUT2D eigenvalue weighted by Crippen LogP contribution is 2.24. The van der Waals surface area contributed by atoms with Crippen molar-refractivity contribution in [3.05, 3.63) is 48.3 Å². The van der Waals surface area contributed by atoms with Crippen LogP contribution in [0.2, 0.25) is 0 Å². The maximum absolute atomic E-state index is 5.91. The molecule has 1 heterocycles. The summed E-state index contributed by atoms with van der Waals surface area (Å²) in [6.07, 6.45) is 2.56. The second kappa shape index (κ2) is 6.20. The lowest BCUT2D eigenvalue weighted by Gasteiger charge is -2.10. The van der Waals surface area contributed by atoms with E-state index in [0.717, 1.165) is 23.6 Å². The molecule has 1 atom stereocenters. The van der Waals surface area contributed by atoms with E-state index in [1.807, 2.05) is 43.3 Å². The van der Waals surface area contributed by atoms with E-state index in [-0.39, 0.29) is 6.04 Å². The predicted octanol–water partition coefficient (Wildman–Crippen LogP) is 3.29. The van der Waals surface area contributed by atoms with Crippen molar-refractivity contribution in [1.29, 1.82) is 0 Å². The van der Waals surface area contributed by atoms with E-state index in [4.69, 9.17) is 15.2 Å². The van der Waals surface area contributed by atoms with Gasteiger partial charge in [-0.3, -0.25) is 4.98 Å². The van der Waals surface area contributed by atoms with E-state index in [9.17, 15) is 0 Å². The number of rotatable bonds is 5. The Balaban J connectivity index is 2.06. The van der Waals surface area contributed by atoms with Gasteiger partial charge in [0.2, 0.25) is 0 Å². The van der Waals surface area contributed by atoms with Crippen LogP contribution in [0.5, 0.6) is 17.2 Å². The summed E-state index contributed by atoms with van der Waals surface area (Å²) in [7, 11) is 1.63. The molecule has 4 heteroatoms. The first kappa shape index (κ1) is 13.4. The van der Waals surface area contributed by atoms with Crippen molar-refractivity contribution in [2.75, 3.05) is 7.11 Å². The molecule has 0 aliphatic rings. The molecule has 0 unspecified atom stereocenters. The van der Waals surface area contributed by atoms with E-state index in [1.54, 1.807) is 13.3 Å². The van der Waals surface area contributed by atoms with Gasteiger partial charge in [0.15, 0.2) is 0 Å². The molecule has 0 saturated heterocycles. The van der Waals surface area contributed by atoms with Crippen molar-refractivity contribution in [2.45, 2.75) is 19.4 Å². The van der Waals surface area contributed by atoms with Crippen LogP contribution < -0.4 is 15.2 Å². The monoisotopic (exact) mass is 258 g/mol. The first-order valence-electron chi connectivity index (χ1n) is 6.26. The van der Waals surface area contributed by atoms with E-state index in [0.29, 0.717) is 5.75 Å².